The van der Waals surface area contributed by atoms with Crippen molar-refractivity contribution in [3.63, 3.8) is 0 Å². The van der Waals surface area contributed by atoms with Crippen LogP contribution in [0.2, 0.25) is 0 Å². The Hall–Kier alpha value is -0.980. The van der Waals surface area contributed by atoms with E-state index in [0.29, 0.717) is 0 Å². The summed E-state index contributed by atoms with van der Waals surface area (Å²) < 4.78 is 0. The van der Waals surface area contributed by atoms with Crippen LogP contribution in [0.5, 0.6) is 0 Å². The second-order valence-electron chi connectivity index (χ2n) is 5.00. The first-order valence-electron chi connectivity index (χ1n) is 6.27. The maximum atomic E-state index is 3.55. The molecule has 1 aromatic rings. The van der Waals surface area contributed by atoms with E-state index in [1.807, 2.05) is 0 Å². The number of nitrogens with one attached hydrogen (secondary N) is 1. The lowest BCUT2D eigenvalue weighted by molar-refractivity contribution is 0.760. The fourth-order valence-electron chi connectivity index (χ4n) is 2.51. The molecule has 0 heterocycles. The van der Waals surface area contributed by atoms with E-state index in [1.165, 1.54) is 44.2 Å². The van der Waals surface area contributed by atoms with Crippen molar-refractivity contribution in [2.45, 2.75) is 38.5 Å². The number of aryl methyl sites for hydroxylation is 2. The van der Waals surface area contributed by atoms with Gasteiger partial charge in [0.2, 0.25) is 0 Å². The summed E-state index contributed by atoms with van der Waals surface area (Å²) in [6, 6.07) is 6.91. The minimum atomic E-state index is 1.03. The lowest BCUT2D eigenvalue weighted by atomic mass is 10.1. The molecule has 1 heteroatoms. The first kappa shape index (κ1) is 9.26. The summed E-state index contributed by atoms with van der Waals surface area (Å²) in [5.41, 5.74) is 4.48. The Morgan fingerprint density at radius 3 is 2.87 bits per heavy atom. The van der Waals surface area contributed by atoms with Crippen molar-refractivity contribution >= 4 is 5.69 Å². The highest BCUT2D eigenvalue weighted by atomic mass is 14.9. The fourth-order valence-corrected chi connectivity index (χ4v) is 2.51. The van der Waals surface area contributed by atoms with Gasteiger partial charge in [-0.2, -0.15) is 0 Å². The molecule has 1 fully saturated rings. The van der Waals surface area contributed by atoms with Crippen LogP contribution in [0.1, 0.15) is 36.8 Å². The van der Waals surface area contributed by atoms with E-state index in [1.54, 1.807) is 11.1 Å². The van der Waals surface area contributed by atoms with Gasteiger partial charge in [-0.15, -0.1) is 0 Å². The molecule has 2 aliphatic rings. The van der Waals surface area contributed by atoms with Crippen molar-refractivity contribution in [1.29, 1.82) is 0 Å². The summed E-state index contributed by atoms with van der Waals surface area (Å²) in [5, 5.41) is 3.55. The van der Waals surface area contributed by atoms with Crippen LogP contribution >= 0.6 is 0 Å². The highest BCUT2D eigenvalue weighted by Crippen LogP contribution is 2.32. The molecule has 1 nitrogen and oxygen atoms in total. The van der Waals surface area contributed by atoms with Gasteiger partial charge in [-0.25, -0.2) is 0 Å². The van der Waals surface area contributed by atoms with Gasteiger partial charge in [-0.3, -0.25) is 0 Å². The van der Waals surface area contributed by atoms with E-state index in [9.17, 15) is 0 Å². The molecule has 0 bridgehead atoms. The van der Waals surface area contributed by atoms with Gasteiger partial charge >= 0.3 is 0 Å². The van der Waals surface area contributed by atoms with Gasteiger partial charge in [0.15, 0.2) is 0 Å². The summed E-state index contributed by atoms with van der Waals surface area (Å²) in [6.45, 7) is 1.16. The number of benzene rings is 1. The number of rotatable bonds is 4. The second-order valence-corrected chi connectivity index (χ2v) is 5.00. The van der Waals surface area contributed by atoms with E-state index >= 15 is 0 Å². The minimum absolute atomic E-state index is 1.03. The van der Waals surface area contributed by atoms with E-state index < -0.39 is 0 Å². The molecule has 0 unspecified atom stereocenters. The van der Waals surface area contributed by atoms with Crippen LogP contribution in [0.3, 0.4) is 0 Å². The quantitative estimate of drug-likeness (QED) is 0.787. The van der Waals surface area contributed by atoms with Crippen LogP contribution in [0.25, 0.3) is 0 Å². The summed E-state index contributed by atoms with van der Waals surface area (Å²) in [5.74, 6) is 1.03. The SMILES string of the molecule is c1cc2c(cc1NCCC1CC1)CCC2. The molecule has 0 aliphatic heterocycles. The van der Waals surface area contributed by atoms with Crippen molar-refractivity contribution in [3.05, 3.63) is 29.3 Å². The van der Waals surface area contributed by atoms with Crippen molar-refractivity contribution in [2.75, 3.05) is 11.9 Å². The largest absolute Gasteiger partial charge is 0.385 e. The molecule has 80 valence electrons. The van der Waals surface area contributed by atoms with Crippen LogP contribution in [0.15, 0.2) is 18.2 Å². The van der Waals surface area contributed by atoms with Gasteiger partial charge in [0, 0.05) is 12.2 Å². The van der Waals surface area contributed by atoms with Crippen LogP contribution in [-0.4, -0.2) is 6.54 Å². The molecule has 1 saturated carbocycles. The molecule has 2 aliphatic carbocycles. The van der Waals surface area contributed by atoms with Crippen LogP contribution in [0, 0.1) is 5.92 Å². The summed E-state index contributed by atoms with van der Waals surface area (Å²) >= 11 is 0. The molecule has 0 radical (unpaired) electrons. The number of hydrogen-bond acceptors (Lipinski definition) is 1. The summed E-state index contributed by atoms with van der Waals surface area (Å²) in [6.07, 6.45) is 8.21. The maximum Gasteiger partial charge on any atom is 0.0343 e. The predicted octanol–water partition coefficient (Wildman–Crippen LogP) is 3.39. The normalized spacial score (nSPS) is 18.9. The Morgan fingerprint density at radius 2 is 2.00 bits per heavy atom. The zero-order chi connectivity index (χ0) is 10.1. The zero-order valence-corrected chi connectivity index (χ0v) is 9.26. The highest BCUT2D eigenvalue weighted by Gasteiger charge is 2.20. The van der Waals surface area contributed by atoms with Gasteiger partial charge in [0.1, 0.15) is 0 Å². The Morgan fingerprint density at radius 1 is 1.13 bits per heavy atom. The smallest absolute Gasteiger partial charge is 0.0343 e. The number of hydrogen-bond donors (Lipinski definition) is 1. The van der Waals surface area contributed by atoms with Gasteiger partial charge in [0.05, 0.1) is 0 Å². The summed E-state index contributed by atoms with van der Waals surface area (Å²) in [4.78, 5) is 0. The van der Waals surface area contributed by atoms with Gasteiger partial charge in [-0.1, -0.05) is 18.9 Å². The lowest BCUT2D eigenvalue weighted by Gasteiger charge is -2.07. The first-order chi connectivity index (χ1) is 7.42. The molecular formula is C14H19N. The van der Waals surface area contributed by atoms with Gasteiger partial charge < -0.3 is 5.32 Å². The van der Waals surface area contributed by atoms with Crippen molar-refractivity contribution in [1.82, 2.24) is 0 Å². The van der Waals surface area contributed by atoms with Gasteiger partial charge in [0.25, 0.3) is 0 Å². The average molecular weight is 201 g/mol. The van der Waals surface area contributed by atoms with Crippen molar-refractivity contribution < 1.29 is 0 Å². The van der Waals surface area contributed by atoms with E-state index in [0.717, 1.165) is 12.5 Å². The molecule has 0 atom stereocenters. The maximum absolute atomic E-state index is 3.55. The zero-order valence-electron chi connectivity index (χ0n) is 9.26. The summed E-state index contributed by atoms with van der Waals surface area (Å²) in [7, 11) is 0. The number of fused-ring (bicyclic) bond motifs is 1. The number of anilines is 1. The standard InChI is InChI=1S/C14H19N/c1-2-12-6-7-14(10-13(12)3-1)15-9-8-11-4-5-11/h6-7,10-11,15H,1-5,8-9H2. The average Bonchev–Trinajstić information content (AvgIpc) is 2.95. The third-order valence-corrected chi connectivity index (χ3v) is 3.68. The Kier molecular flexibility index (Phi) is 2.40. The van der Waals surface area contributed by atoms with Crippen LogP contribution in [-0.2, 0) is 12.8 Å². The minimum Gasteiger partial charge on any atom is -0.385 e. The molecule has 1 aromatic carbocycles. The molecule has 0 saturated heterocycles. The van der Waals surface area contributed by atoms with Crippen LogP contribution < -0.4 is 5.32 Å². The molecule has 0 amide bonds. The fraction of sp³-hybridized carbons (Fsp3) is 0.571. The first-order valence-corrected chi connectivity index (χ1v) is 6.27. The molecule has 0 spiro atoms. The van der Waals surface area contributed by atoms with Gasteiger partial charge in [-0.05, 0) is 54.9 Å². The Balaban J connectivity index is 1.59. The molecule has 0 aromatic heterocycles. The van der Waals surface area contributed by atoms with E-state index in [-0.39, 0.29) is 0 Å². The Labute approximate surface area is 91.9 Å². The predicted molar refractivity (Wildman–Crippen MR) is 64.3 cm³/mol. The topological polar surface area (TPSA) is 12.0 Å². The molecule has 3 rings (SSSR count). The highest BCUT2D eigenvalue weighted by molar-refractivity contribution is 5.50. The lowest BCUT2D eigenvalue weighted by Crippen LogP contribution is -2.02. The molecule has 15 heavy (non-hydrogen) atoms. The molecule has 1 N–H and O–H groups in total. The second kappa shape index (κ2) is 3.88. The van der Waals surface area contributed by atoms with E-state index in [2.05, 4.69) is 23.5 Å². The third-order valence-electron chi connectivity index (χ3n) is 3.68. The molecular weight excluding hydrogens is 182 g/mol. The van der Waals surface area contributed by atoms with E-state index in [4.69, 9.17) is 0 Å². The van der Waals surface area contributed by atoms with Crippen LogP contribution in [0.4, 0.5) is 5.69 Å². The monoisotopic (exact) mass is 201 g/mol. The van der Waals surface area contributed by atoms with Crippen molar-refractivity contribution in [3.8, 4) is 0 Å². The third kappa shape index (κ3) is 2.17. The Bertz CT molecular complexity index is 352. The van der Waals surface area contributed by atoms with Crippen molar-refractivity contribution in [2.24, 2.45) is 5.92 Å².